The highest BCUT2D eigenvalue weighted by Crippen LogP contribution is 2.09. The minimum atomic E-state index is -0.657. The van der Waals surface area contributed by atoms with Gasteiger partial charge in [0.25, 0.3) is 11.8 Å². The number of nitrogens with one attached hydrogen (secondary N) is 2. The van der Waals surface area contributed by atoms with Gasteiger partial charge in [0.1, 0.15) is 5.82 Å². The van der Waals surface area contributed by atoms with Gasteiger partial charge in [-0.25, -0.2) is 9.82 Å². The van der Waals surface area contributed by atoms with Gasteiger partial charge in [0, 0.05) is 4.47 Å². The van der Waals surface area contributed by atoms with Crippen molar-refractivity contribution < 1.29 is 14.0 Å². The standard InChI is InChI=1S/C16H13BrFN3O2/c17-12-7-5-11(6-8-12)9-20-21-15(22)10-19-16(23)13-3-1-2-4-14(13)18/h1-9H,10H2,(H,19,23)(H,21,22)/b20-9-. The summed E-state index contributed by atoms with van der Waals surface area (Å²) in [6.07, 6.45) is 1.48. The zero-order valence-corrected chi connectivity index (χ0v) is 13.5. The first kappa shape index (κ1) is 16.8. The highest BCUT2D eigenvalue weighted by molar-refractivity contribution is 9.10. The summed E-state index contributed by atoms with van der Waals surface area (Å²) >= 11 is 3.31. The molecule has 2 amide bonds. The summed E-state index contributed by atoms with van der Waals surface area (Å²) in [5.41, 5.74) is 2.97. The zero-order valence-electron chi connectivity index (χ0n) is 11.9. The molecule has 0 spiro atoms. The zero-order chi connectivity index (χ0) is 16.7. The molecule has 0 aromatic heterocycles. The van der Waals surface area contributed by atoms with E-state index in [1.165, 1.54) is 24.4 Å². The Labute approximate surface area is 140 Å². The lowest BCUT2D eigenvalue weighted by molar-refractivity contribution is -0.120. The van der Waals surface area contributed by atoms with Crippen molar-refractivity contribution in [3.05, 3.63) is 69.9 Å². The van der Waals surface area contributed by atoms with E-state index in [1.807, 2.05) is 24.3 Å². The van der Waals surface area contributed by atoms with Gasteiger partial charge in [-0.05, 0) is 29.8 Å². The Bertz CT molecular complexity index is 732. The fourth-order valence-electron chi connectivity index (χ4n) is 1.67. The maximum atomic E-state index is 13.4. The summed E-state index contributed by atoms with van der Waals surface area (Å²) in [5, 5.41) is 6.10. The van der Waals surface area contributed by atoms with Crippen molar-refractivity contribution in [3.8, 4) is 0 Å². The van der Waals surface area contributed by atoms with Crippen LogP contribution in [0.2, 0.25) is 0 Å². The summed E-state index contributed by atoms with van der Waals surface area (Å²) in [7, 11) is 0. The normalized spacial score (nSPS) is 10.5. The molecule has 2 aromatic carbocycles. The Hall–Kier alpha value is -2.54. The molecule has 0 unspecified atom stereocenters. The number of nitrogens with zero attached hydrogens (tertiary/aromatic N) is 1. The first-order valence-electron chi connectivity index (χ1n) is 6.66. The monoisotopic (exact) mass is 377 g/mol. The quantitative estimate of drug-likeness (QED) is 0.620. The van der Waals surface area contributed by atoms with Gasteiger partial charge in [0.05, 0.1) is 18.3 Å². The number of hydrogen-bond acceptors (Lipinski definition) is 3. The number of benzene rings is 2. The van der Waals surface area contributed by atoms with Crippen LogP contribution in [-0.2, 0) is 4.79 Å². The Kier molecular flexibility index (Phi) is 5.99. The highest BCUT2D eigenvalue weighted by Gasteiger charge is 2.11. The smallest absolute Gasteiger partial charge is 0.259 e. The van der Waals surface area contributed by atoms with Crippen LogP contribution in [0.15, 0.2) is 58.1 Å². The largest absolute Gasteiger partial charge is 0.343 e. The van der Waals surface area contributed by atoms with Crippen molar-refractivity contribution in [2.45, 2.75) is 0 Å². The van der Waals surface area contributed by atoms with Gasteiger partial charge in [0.2, 0.25) is 0 Å². The number of amides is 2. The summed E-state index contributed by atoms with van der Waals surface area (Å²) in [6, 6.07) is 12.9. The van der Waals surface area contributed by atoms with Crippen LogP contribution in [-0.4, -0.2) is 24.6 Å². The molecular weight excluding hydrogens is 365 g/mol. The molecule has 0 bridgehead atoms. The predicted molar refractivity (Wildman–Crippen MR) is 88.6 cm³/mol. The molecule has 23 heavy (non-hydrogen) atoms. The minimum Gasteiger partial charge on any atom is -0.343 e. The number of hydrogen-bond donors (Lipinski definition) is 2. The van der Waals surface area contributed by atoms with Crippen LogP contribution in [0, 0.1) is 5.82 Å². The van der Waals surface area contributed by atoms with E-state index in [4.69, 9.17) is 0 Å². The third-order valence-corrected chi connectivity index (χ3v) is 3.33. The molecular formula is C16H13BrFN3O2. The summed E-state index contributed by atoms with van der Waals surface area (Å²) < 4.78 is 14.3. The summed E-state index contributed by atoms with van der Waals surface area (Å²) in [6.45, 7) is -0.301. The third-order valence-electron chi connectivity index (χ3n) is 2.80. The van der Waals surface area contributed by atoms with Crippen LogP contribution in [0.25, 0.3) is 0 Å². The highest BCUT2D eigenvalue weighted by atomic mass is 79.9. The minimum absolute atomic E-state index is 0.112. The molecule has 118 valence electrons. The number of halogens is 2. The van der Waals surface area contributed by atoms with Gasteiger partial charge in [-0.1, -0.05) is 40.2 Å². The first-order chi connectivity index (χ1) is 11.1. The van der Waals surface area contributed by atoms with E-state index in [1.54, 1.807) is 6.07 Å². The van der Waals surface area contributed by atoms with E-state index < -0.39 is 17.6 Å². The van der Waals surface area contributed by atoms with E-state index >= 15 is 0 Å². The second-order valence-corrected chi connectivity index (χ2v) is 5.42. The average molecular weight is 378 g/mol. The van der Waals surface area contributed by atoms with E-state index in [2.05, 4.69) is 31.8 Å². The SMILES string of the molecule is O=C(CNC(=O)c1ccccc1F)N/N=C\c1ccc(Br)cc1. The van der Waals surface area contributed by atoms with Gasteiger partial charge >= 0.3 is 0 Å². The van der Waals surface area contributed by atoms with Crippen molar-refractivity contribution in [2.24, 2.45) is 5.10 Å². The van der Waals surface area contributed by atoms with Crippen LogP contribution in [0.4, 0.5) is 4.39 Å². The molecule has 7 heteroatoms. The van der Waals surface area contributed by atoms with Gasteiger partial charge in [-0.3, -0.25) is 9.59 Å². The topological polar surface area (TPSA) is 70.6 Å². The molecule has 0 atom stereocenters. The molecule has 2 N–H and O–H groups in total. The second-order valence-electron chi connectivity index (χ2n) is 4.51. The number of rotatable bonds is 5. The molecule has 2 aromatic rings. The maximum Gasteiger partial charge on any atom is 0.259 e. The fraction of sp³-hybridized carbons (Fsp3) is 0.0625. The maximum absolute atomic E-state index is 13.4. The molecule has 0 aliphatic rings. The summed E-state index contributed by atoms with van der Waals surface area (Å²) in [5.74, 6) is -1.81. The molecule has 0 saturated carbocycles. The van der Waals surface area contributed by atoms with E-state index in [0.29, 0.717) is 0 Å². The molecule has 5 nitrogen and oxygen atoms in total. The lowest BCUT2D eigenvalue weighted by atomic mass is 10.2. The third kappa shape index (κ3) is 5.30. The van der Waals surface area contributed by atoms with Crippen molar-refractivity contribution in [1.82, 2.24) is 10.7 Å². The molecule has 0 fully saturated rings. The molecule has 0 radical (unpaired) electrons. The van der Waals surface area contributed by atoms with E-state index in [9.17, 15) is 14.0 Å². The lowest BCUT2D eigenvalue weighted by Gasteiger charge is -2.04. The van der Waals surface area contributed by atoms with Gasteiger partial charge in [-0.2, -0.15) is 5.10 Å². The van der Waals surface area contributed by atoms with Crippen LogP contribution in [0.3, 0.4) is 0 Å². The first-order valence-corrected chi connectivity index (χ1v) is 7.46. The van der Waals surface area contributed by atoms with E-state index in [0.717, 1.165) is 10.0 Å². The van der Waals surface area contributed by atoms with Crippen LogP contribution in [0.1, 0.15) is 15.9 Å². The Morgan fingerprint density at radius 1 is 1.13 bits per heavy atom. The van der Waals surface area contributed by atoms with Crippen LogP contribution < -0.4 is 10.7 Å². The van der Waals surface area contributed by atoms with Crippen molar-refractivity contribution in [1.29, 1.82) is 0 Å². The average Bonchev–Trinajstić information content (AvgIpc) is 2.55. The Morgan fingerprint density at radius 2 is 1.83 bits per heavy atom. The molecule has 0 saturated heterocycles. The molecule has 2 rings (SSSR count). The molecule has 0 heterocycles. The fourth-order valence-corrected chi connectivity index (χ4v) is 1.93. The van der Waals surface area contributed by atoms with Crippen LogP contribution >= 0.6 is 15.9 Å². The van der Waals surface area contributed by atoms with Gasteiger partial charge in [0.15, 0.2) is 0 Å². The summed E-state index contributed by atoms with van der Waals surface area (Å²) in [4.78, 5) is 23.3. The van der Waals surface area contributed by atoms with Crippen molar-refractivity contribution in [3.63, 3.8) is 0 Å². The van der Waals surface area contributed by atoms with E-state index in [-0.39, 0.29) is 12.1 Å². The number of carbonyl (C=O) groups excluding carboxylic acids is 2. The van der Waals surface area contributed by atoms with Crippen LogP contribution in [0.5, 0.6) is 0 Å². The predicted octanol–water partition coefficient (Wildman–Crippen LogP) is 2.47. The Balaban J connectivity index is 1.80. The Morgan fingerprint density at radius 3 is 2.52 bits per heavy atom. The van der Waals surface area contributed by atoms with Crippen molar-refractivity contribution in [2.75, 3.05) is 6.54 Å². The van der Waals surface area contributed by atoms with Gasteiger partial charge in [-0.15, -0.1) is 0 Å². The van der Waals surface area contributed by atoms with Crippen molar-refractivity contribution >= 4 is 34.0 Å². The number of hydrazone groups is 1. The number of carbonyl (C=O) groups is 2. The van der Waals surface area contributed by atoms with Gasteiger partial charge < -0.3 is 5.32 Å². The molecule has 0 aliphatic heterocycles. The molecule has 0 aliphatic carbocycles. The lowest BCUT2D eigenvalue weighted by Crippen LogP contribution is -2.35. The second kappa shape index (κ2) is 8.19.